The van der Waals surface area contributed by atoms with Crippen molar-refractivity contribution in [2.24, 2.45) is 5.41 Å². The van der Waals surface area contributed by atoms with Gasteiger partial charge >= 0.3 is 0 Å². The molecule has 0 aliphatic carbocycles. The maximum Gasteiger partial charge on any atom is 0.0701 e. The largest absolute Gasteiger partial charge is 0.379 e. The predicted octanol–water partition coefficient (Wildman–Crippen LogP) is 2.86. The number of rotatable bonds is 11. The number of ether oxygens (including phenoxy) is 3. The molecule has 0 aromatic rings. The number of hydrogen-bond donors (Lipinski definition) is 1. The summed E-state index contributed by atoms with van der Waals surface area (Å²) in [5.41, 5.74) is 0.500. The highest BCUT2D eigenvalue weighted by Gasteiger charge is 2.09. The minimum atomic E-state index is 0.157. The molecule has 0 saturated heterocycles. The summed E-state index contributed by atoms with van der Waals surface area (Å²) >= 11 is 0. The first-order valence-corrected chi connectivity index (χ1v) is 7.69. The minimum Gasteiger partial charge on any atom is -0.379 e. The van der Waals surface area contributed by atoms with Crippen LogP contribution in [0.1, 0.15) is 48.0 Å². The fraction of sp³-hybridized carbons (Fsp3) is 1.00. The third-order valence-corrected chi connectivity index (χ3v) is 2.64. The summed E-state index contributed by atoms with van der Waals surface area (Å²) in [5, 5.41) is 3.37. The van der Waals surface area contributed by atoms with Gasteiger partial charge in [-0.2, -0.15) is 0 Å². The van der Waals surface area contributed by atoms with Gasteiger partial charge in [-0.1, -0.05) is 20.8 Å². The molecule has 0 aromatic carbocycles. The quantitative estimate of drug-likeness (QED) is 0.594. The van der Waals surface area contributed by atoms with Crippen LogP contribution in [0.25, 0.3) is 0 Å². The molecule has 0 unspecified atom stereocenters. The number of nitrogens with one attached hydrogen (secondary N) is 1. The topological polar surface area (TPSA) is 39.7 Å². The summed E-state index contributed by atoms with van der Waals surface area (Å²) in [5.74, 6) is 0. The minimum absolute atomic E-state index is 0.157. The van der Waals surface area contributed by atoms with E-state index in [1.807, 2.05) is 0 Å². The van der Waals surface area contributed by atoms with Crippen LogP contribution in [0, 0.1) is 5.41 Å². The lowest BCUT2D eigenvalue weighted by molar-refractivity contribution is 0.0104. The first kappa shape index (κ1) is 19.8. The Hall–Kier alpha value is -0.160. The highest BCUT2D eigenvalue weighted by Crippen LogP contribution is 2.17. The van der Waals surface area contributed by atoms with Gasteiger partial charge in [0.15, 0.2) is 0 Å². The molecular weight excluding hydrogens is 254 g/mol. The van der Waals surface area contributed by atoms with Crippen LogP contribution in [-0.2, 0) is 14.2 Å². The molecule has 4 nitrogen and oxygen atoms in total. The SMILES string of the molecule is CC(C)(C)CCOCCOCCOCCNC(C)(C)C. The second-order valence-electron chi connectivity index (χ2n) is 7.32. The van der Waals surface area contributed by atoms with Crippen molar-refractivity contribution in [1.82, 2.24) is 5.32 Å². The van der Waals surface area contributed by atoms with Gasteiger partial charge in [0, 0.05) is 18.7 Å². The van der Waals surface area contributed by atoms with Gasteiger partial charge in [-0.25, -0.2) is 0 Å². The van der Waals surface area contributed by atoms with E-state index in [1.54, 1.807) is 0 Å². The summed E-state index contributed by atoms with van der Waals surface area (Å²) in [4.78, 5) is 0. The zero-order valence-electron chi connectivity index (χ0n) is 14.4. The fourth-order valence-electron chi connectivity index (χ4n) is 1.42. The Morgan fingerprint density at radius 3 is 1.55 bits per heavy atom. The van der Waals surface area contributed by atoms with Crippen LogP contribution in [0.2, 0.25) is 0 Å². The van der Waals surface area contributed by atoms with Crippen molar-refractivity contribution in [3.8, 4) is 0 Å². The molecule has 0 aliphatic heterocycles. The first-order chi connectivity index (χ1) is 9.21. The predicted molar refractivity (Wildman–Crippen MR) is 84.3 cm³/mol. The van der Waals surface area contributed by atoms with Crippen LogP contribution < -0.4 is 5.32 Å². The first-order valence-electron chi connectivity index (χ1n) is 7.69. The lowest BCUT2D eigenvalue weighted by Gasteiger charge is -2.20. The van der Waals surface area contributed by atoms with Crippen molar-refractivity contribution in [2.45, 2.75) is 53.5 Å². The van der Waals surface area contributed by atoms with Crippen LogP contribution in [-0.4, -0.2) is 51.7 Å². The average Bonchev–Trinajstić information content (AvgIpc) is 2.27. The summed E-state index contributed by atoms with van der Waals surface area (Å²) in [6, 6.07) is 0. The van der Waals surface area contributed by atoms with Crippen molar-refractivity contribution in [2.75, 3.05) is 46.2 Å². The van der Waals surface area contributed by atoms with Gasteiger partial charge in [0.2, 0.25) is 0 Å². The highest BCUT2D eigenvalue weighted by atomic mass is 16.5. The molecule has 0 saturated carbocycles. The Bertz CT molecular complexity index is 195. The molecule has 0 amide bonds. The Kier molecular flexibility index (Phi) is 10.5. The Morgan fingerprint density at radius 2 is 1.10 bits per heavy atom. The van der Waals surface area contributed by atoms with Gasteiger partial charge in [-0.15, -0.1) is 0 Å². The number of hydrogen-bond acceptors (Lipinski definition) is 4. The van der Waals surface area contributed by atoms with E-state index < -0.39 is 0 Å². The molecule has 0 radical (unpaired) electrons. The smallest absolute Gasteiger partial charge is 0.0701 e. The van der Waals surface area contributed by atoms with Crippen LogP contribution >= 0.6 is 0 Å². The lowest BCUT2D eigenvalue weighted by atomic mass is 9.93. The zero-order chi connectivity index (χ0) is 15.5. The van der Waals surface area contributed by atoms with E-state index in [0.717, 1.165) is 26.2 Å². The summed E-state index contributed by atoms with van der Waals surface area (Å²) in [7, 11) is 0. The molecule has 0 rings (SSSR count). The van der Waals surface area contributed by atoms with Crippen molar-refractivity contribution < 1.29 is 14.2 Å². The van der Waals surface area contributed by atoms with Crippen molar-refractivity contribution in [3.63, 3.8) is 0 Å². The van der Waals surface area contributed by atoms with Crippen molar-refractivity contribution in [1.29, 1.82) is 0 Å². The van der Waals surface area contributed by atoms with E-state index >= 15 is 0 Å². The Morgan fingerprint density at radius 1 is 0.650 bits per heavy atom. The second kappa shape index (κ2) is 10.6. The van der Waals surface area contributed by atoms with E-state index in [2.05, 4.69) is 46.9 Å². The van der Waals surface area contributed by atoms with E-state index in [-0.39, 0.29) is 5.54 Å². The van der Waals surface area contributed by atoms with Crippen molar-refractivity contribution in [3.05, 3.63) is 0 Å². The van der Waals surface area contributed by atoms with E-state index in [0.29, 0.717) is 31.8 Å². The third-order valence-electron chi connectivity index (χ3n) is 2.64. The molecule has 20 heavy (non-hydrogen) atoms. The third kappa shape index (κ3) is 17.8. The van der Waals surface area contributed by atoms with Crippen LogP contribution in [0.5, 0.6) is 0 Å². The molecule has 0 atom stereocenters. The van der Waals surface area contributed by atoms with E-state index in [9.17, 15) is 0 Å². The summed E-state index contributed by atoms with van der Waals surface area (Å²) < 4.78 is 16.4. The Balaban J connectivity index is 3.10. The molecule has 0 aromatic heterocycles. The average molecular weight is 289 g/mol. The van der Waals surface area contributed by atoms with Gasteiger partial charge in [-0.05, 0) is 32.6 Å². The zero-order valence-corrected chi connectivity index (χ0v) is 14.4. The molecule has 0 fully saturated rings. The van der Waals surface area contributed by atoms with Crippen LogP contribution in [0.15, 0.2) is 0 Å². The van der Waals surface area contributed by atoms with Crippen LogP contribution in [0.3, 0.4) is 0 Å². The van der Waals surface area contributed by atoms with Gasteiger partial charge in [0.05, 0.1) is 33.0 Å². The maximum atomic E-state index is 5.52. The van der Waals surface area contributed by atoms with Gasteiger partial charge in [0.1, 0.15) is 0 Å². The molecule has 0 bridgehead atoms. The molecule has 0 aliphatic rings. The maximum absolute atomic E-state index is 5.52. The molecule has 0 spiro atoms. The molecule has 122 valence electrons. The van der Waals surface area contributed by atoms with Gasteiger partial charge in [0.25, 0.3) is 0 Å². The normalized spacial score (nSPS) is 12.9. The molecule has 1 N–H and O–H groups in total. The highest BCUT2D eigenvalue weighted by molar-refractivity contribution is 4.69. The fourth-order valence-corrected chi connectivity index (χ4v) is 1.42. The monoisotopic (exact) mass is 289 g/mol. The standard InChI is InChI=1S/C16H35NO3/c1-15(2,3)7-9-18-11-13-20-14-12-19-10-8-17-16(4,5)6/h17H,7-14H2,1-6H3. The van der Waals surface area contributed by atoms with Crippen molar-refractivity contribution >= 4 is 0 Å². The summed E-state index contributed by atoms with van der Waals surface area (Å²) in [6.45, 7) is 18.1. The van der Waals surface area contributed by atoms with E-state index in [1.165, 1.54) is 0 Å². The van der Waals surface area contributed by atoms with E-state index in [4.69, 9.17) is 14.2 Å². The van der Waals surface area contributed by atoms with Crippen LogP contribution in [0.4, 0.5) is 0 Å². The molecule has 4 heteroatoms. The molecular formula is C16H35NO3. The van der Waals surface area contributed by atoms with Gasteiger partial charge in [-0.3, -0.25) is 0 Å². The second-order valence-corrected chi connectivity index (χ2v) is 7.32. The summed E-state index contributed by atoms with van der Waals surface area (Å²) in [6.07, 6.45) is 1.08. The lowest BCUT2D eigenvalue weighted by Crippen LogP contribution is -2.38. The Labute approximate surface area is 125 Å². The molecule has 0 heterocycles. The van der Waals surface area contributed by atoms with Gasteiger partial charge < -0.3 is 19.5 Å².